The van der Waals surface area contributed by atoms with Crippen molar-refractivity contribution in [2.75, 3.05) is 11.9 Å². The monoisotopic (exact) mass is 332 g/mol. The van der Waals surface area contributed by atoms with E-state index in [9.17, 15) is 13.6 Å². The van der Waals surface area contributed by atoms with Gasteiger partial charge in [-0.3, -0.25) is 0 Å². The maximum atomic E-state index is 13.0. The Hall–Kier alpha value is -2.83. The fourth-order valence-electron chi connectivity index (χ4n) is 2.90. The number of carbonyl (C=O) groups is 1. The van der Waals surface area contributed by atoms with Crippen LogP contribution in [0, 0.1) is 0 Å². The number of amides is 2. The second-order valence-corrected chi connectivity index (χ2v) is 5.70. The highest BCUT2D eigenvalue weighted by atomic mass is 19.3. The van der Waals surface area contributed by atoms with Gasteiger partial charge in [0.2, 0.25) is 0 Å². The topological polar surface area (TPSA) is 50.8 Å². The predicted octanol–water partition coefficient (Wildman–Crippen LogP) is 3.60. The molecule has 7 heteroatoms. The number of nitrogens with one attached hydrogen (secondary N) is 1. The first kappa shape index (κ1) is 14.7. The molecule has 0 saturated heterocycles. The van der Waals surface area contributed by atoms with Crippen LogP contribution in [0.25, 0.3) is 0 Å². The SMILES string of the molecule is O=C(Nc1ccc2c(c1)OC(F)(F)O2)N1CCc2ccccc2C1. The van der Waals surface area contributed by atoms with Gasteiger partial charge in [-0.05, 0) is 29.7 Å². The zero-order valence-electron chi connectivity index (χ0n) is 12.6. The van der Waals surface area contributed by atoms with E-state index in [2.05, 4.69) is 20.9 Å². The predicted molar refractivity (Wildman–Crippen MR) is 82.2 cm³/mol. The number of halogens is 2. The Kier molecular flexibility index (Phi) is 3.30. The number of benzene rings is 2. The van der Waals surface area contributed by atoms with E-state index >= 15 is 0 Å². The summed E-state index contributed by atoms with van der Waals surface area (Å²) in [6, 6.07) is 11.9. The maximum absolute atomic E-state index is 13.0. The molecular weight excluding hydrogens is 318 g/mol. The van der Waals surface area contributed by atoms with Crippen LogP contribution >= 0.6 is 0 Å². The van der Waals surface area contributed by atoms with Crippen molar-refractivity contribution in [2.24, 2.45) is 0 Å². The van der Waals surface area contributed by atoms with Gasteiger partial charge in [-0.25, -0.2) is 4.79 Å². The van der Waals surface area contributed by atoms with Crippen molar-refractivity contribution in [3.05, 3.63) is 53.6 Å². The average Bonchev–Trinajstić information content (AvgIpc) is 2.87. The van der Waals surface area contributed by atoms with E-state index in [4.69, 9.17) is 0 Å². The van der Waals surface area contributed by atoms with E-state index in [1.807, 2.05) is 18.2 Å². The van der Waals surface area contributed by atoms with Gasteiger partial charge < -0.3 is 19.7 Å². The minimum Gasteiger partial charge on any atom is -0.395 e. The molecule has 0 bridgehead atoms. The number of rotatable bonds is 1. The summed E-state index contributed by atoms with van der Waals surface area (Å²) in [5.74, 6) is -0.147. The number of alkyl halides is 2. The maximum Gasteiger partial charge on any atom is 0.586 e. The highest BCUT2D eigenvalue weighted by Gasteiger charge is 2.43. The second-order valence-electron chi connectivity index (χ2n) is 5.70. The van der Waals surface area contributed by atoms with Crippen molar-refractivity contribution < 1.29 is 23.0 Å². The largest absolute Gasteiger partial charge is 0.586 e. The first-order chi connectivity index (χ1) is 11.5. The van der Waals surface area contributed by atoms with E-state index in [1.165, 1.54) is 23.8 Å². The first-order valence-electron chi connectivity index (χ1n) is 7.53. The molecule has 1 N–H and O–H groups in total. The van der Waals surface area contributed by atoms with Crippen molar-refractivity contribution in [3.8, 4) is 11.5 Å². The molecule has 0 atom stereocenters. The summed E-state index contributed by atoms with van der Waals surface area (Å²) in [4.78, 5) is 14.1. The number of hydrogen-bond donors (Lipinski definition) is 1. The van der Waals surface area contributed by atoms with Crippen LogP contribution in [0.15, 0.2) is 42.5 Å². The third kappa shape index (κ3) is 2.73. The Morgan fingerprint density at radius 2 is 1.83 bits per heavy atom. The second kappa shape index (κ2) is 5.36. The number of nitrogens with zero attached hydrogens (tertiary/aromatic N) is 1. The van der Waals surface area contributed by atoms with Crippen LogP contribution in [0.4, 0.5) is 19.3 Å². The highest BCUT2D eigenvalue weighted by Crippen LogP contribution is 2.42. The summed E-state index contributed by atoms with van der Waals surface area (Å²) in [7, 11) is 0. The van der Waals surface area contributed by atoms with Crippen molar-refractivity contribution in [1.82, 2.24) is 4.90 Å². The van der Waals surface area contributed by atoms with Gasteiger partial charge in [0.05, 0.1) is 0 Å². The Labute approximate surface area is 136 Å². The van der Waals surface area contributed by atoms with E-state index in [0.29, 0.717) is 18.8 Å². The lowest BCUT2D eigenvalue weighted by Gasteiger charge is -2.29. The van der Waals surface area contributed by atoms with Crippen molar-refractivity contribution in [1.29, 1.82) is 0 Å². The Balaban J connectivity index is 1.46. The quantitative estimate of drug-likeness (QED) is 0.868. The molecule has 4 rings (SSSR count). The van der Waals surface area contributed by atoms with Crippen molar-refractivity contribution in [3.63, 3.8) is 0 Å². The van der Waals surface area contributed by atoms with Crippen LogP contribution in [-0.4, -0.2) is 23.8 Å². The van der Waals surface area contributed by atoms with Gasteiger partial charge in [-0.1, -0.05) is 24.3 Å². The highest BCUT2D eigenvalue weighted by molar-refractivity contribution is 5.90. The smallest absolute Gasteiger partial charge is 0.395 e. The number of anilines is 1. The number of fused-ring (bicyclic) bond motifs is 2. The van der Waals surface area contributed by atoms with E-state index in [0.717, 1.165) is 12.0 Å². The Bertz CT molecular complexity index is 810. The van der Waals surface area contributed by atoms with E-state index < -0.39 is 6.29 Å². The minimum atomic E-state index is -3.67. The van der Waals surface area contributed by atoms with E-state index in [-0.39, 0.29) is 17.5 Å². The molecule has 2 aromatic rings. The molecule has 0 aliphatic carbocycles. The molecule has 24 heavy (non-hydrogen) atoms. The normalized spacial score (nSPS) is 17.3. The molecule has 2 amide bonds. The van der Waals surface area contributed by atoms with Crippen LogP contribution in [-0.2, 0) is 13.0 Å². The number of ether oxygens (including phenoxy) is 2. The summed E-state index contributed by atoms with van der Waals surface area (Å²) in [6.45, 7) is 1.12. The molecular formula is C17H14F2N2O3. The van der Waals surface area contributed by atoms with Crippen molar-refractivity contribution in [2.45, 2.75) is 19.3 Å². The molecule has 0 fully saturated rings. The number of urea groups is 1. The third-order valence-corrected chi connectivity index (χ3v) is 4.07. The van der Waals surface area contributed by atoms with Crippen LogP contribution < -0.4 is 14.8 Å². The van der Waals surface area contributed by atoms with Gasteiger partial charge in [-0.2, -0.15) is 0 Å². The lowest BCUT2D eigenvalue weighted by atomic mass is 10.0. The Morgan fingerprint density at radius 3 is 2.67 bits per heavy atom. The summed E-state index contributed by atoms with van der Waals surface area (Å²) >= 11 is 0. The minimum absolute atomic E-state index is 0.0510. The number of hydrogen-bond acceptors (Lipinski definition) is 3. The molecule has 0 aromatic heterocycles. The van der Waals surface area contributed by atoms with Crippen LogP contribution in [0.1, 0.15) is 11.1 Å². The van der Waals surface area contributed by atoms with E-state index in [1.54, 1.807) is 4.90 Å². The molecule has 2 aliphatic rings. The standard InChI is InChI=1S/C17H14F2N2O3/c18-17(19)23-14-6-5-13(9-15(14)24-17)20-16(22)21-8-7-11-3-1-2-4-12(11)10-21/h1-6,9H,7-8,10H2,(H,20,22). The third-order valence-electron chi connectivity index (χ3n) is 4.07. The fourth-order valence-corrected chi connectivity index (χ4v) is 2.90. The van der Waals surface area contributed by atoms with Gasteiger partial charge in [0, 0.05) is 24.8 Å². The number of carbonyl (C=O) groups excluding carboxylic acids is 1. The Morgan fingerprint density at radius 1 is 1.08 bits per heavy atom. The molecule has 124 valence electrons. The fraction of sp³-hybridized carbons (Fsp3) is 0.235. The van der Waals surface area contributed by atoms with Crippen LogP contribution in [0.5, 0.6) is 11.5 Å². The summed E-state index contributed by atoms with van der Waals surface area (Å²) < 4.78 is 34.8. The van der Waals surface area contributed by atoms with Gasteiger partial charge in [0.1, 0.15) is 0 Å². The van der Waals surface area contributed by atoms with Crippen molar-refractivity contribution >= 4 is 11.7 Å². The van der Waals surface area contributed by atoms with Gasteiger partial charge in [-0.15, -0.1) is 8.78 Å². The van der Waals surface area contributed by atoms with Gasteiger partial charge in [0.15, 0.2) is 11.5 Å². The summed E-state index contributed by atoms with van der Waals surface area (Å²) in [5.41, 5.74) is 2.73. The molecule has 0 unspecified atom stereocenters. The molecule has 2 heterocycles. The lowest BCUT2D eigenvalue weighted by Crippen LogP contribution is -2.38. The average molecular weight is 332 g/mol. The van der Waals surface area contributed by atoms with Gasteiger partial charge in [0.25, 0.3) is 0 Å². The zero-order valence-corrected chi connectivity index (χ0v) is 12.6. The lowest BCUT2D eigenvalue weighted by molar-refractivity contribution is -0.286. The van der Waals surface area contributed by atoms with Gasteiger partial charge >= 0.3 is 12.3 Å². The molecule has 5 nitrogen and oxygen atoms in total. The molecule has 0 saturated carbocycles. The summed E-state index contributed by atoms with van der Waals surface area (Å²) in [5, 5.41) is 2.71. The first-order valence-corrected chi connectivity index (χ1v) is 7.53. The van der Waals surface area contributed by atoms with Crippen LogP contribution in [0.3, 0.4) is 0 Å². The van der Waals surface area contributed by atoms with Crippen LogP contribution in [0.2, 0.25) is 0 Å². The molecule has 2 aliphatic heterocycles. The summed E-state index contributed by atoms with van der Waals surface area (Å²) in [6.07, 6.45) is -2.88. The molecule has 0 radical (unpaired) electrons. The molecule has 2 aromatic carbocycles. The zero-order chi connectivity index (χ0) is 16.7. The molecule has 0 spiro atoms.